The first-order valence-corrected chi connectivity index (χ1v) is 10.1. The van der Waals surface area contributed by atoms with Crippen LogP contribution in [0.25, 0.3) is 11.1 Å². The van der Waals surface area contributed by atoms with E-state index in [9.17, 15) is 4.79 Å². The van der Waals surface area contributed by atoms with Gasteiger partial charge in [-0.15, -0.1) is 0 Å². The lowest BCUT2D eigenvalue weighted by Gasteiger charge is -2.29. The van der Waals surface area contributed by atoms with Crippen molar-refractivity contribution < 1.29 is 13.9 Å². The highest BCUT2D eigenvalue weighted by Gasteiger charge is 2.27. The number of amides is 1. The number of hydrogen-bond donors (Lipinski definition) is 1. The van der Waals surface area contributed by atoms with Gasteiger partial charge in [0.25, 0.3) is 5.91 Å². The zero-order chi connectivity index (χ0) is 20.4. The van der Waals surface area contributed by atoms with Crippen molar-refractivity contribution in [2.24, 2.45) is 11.8 Å². The van der Waals surface area contributed by atoms with Crippen LogP contribution < -0.4 is 10.1 Å². The minimum absolute atomic E-state index is 0.231. The molecule has 4 rings (SSSR count). The fourth-order valence-electron chi connectivity index (χ4n) is 4.05. The summed E-state index contributed by atoms with van der Waals surface area (Å²) in [4.78, 5) is 25.1. The zero-order valence-corrected chi connectivity index (χ0v) is 17.0. The molecule has 1 aliphatic rings. The maximum Gasteiger partial charge on any atom is 0.275 e. The van der Waals surface area contributed by atoms with Crippen molar-refractivity contribution >= 4 is 22.7 Å². The average molecular weight is 394 g/mol. The third-order valence-corrected chi connectivity index (χ3v) is 5.83. The maximum absolute atomic E-state index is 12.4. The quantitative estimate of drug-likeness (QED) is 0.668. The van der Waals surface area contributed by atoms with E-state index in [0.29, 0.717) is 22.9 Å². The van der Waals surface area contributed by atoms with Gasteiger partial charge in [-0.3, -0.25) is 9.78 Å². The van der Waals surface area contributed by atoms with Gasteiger partial charge in [-0.25, -0.2) is 9.97 Å². The zero-order valence-electron chi connectivity index (χ0n) is 17.0. The predicted octanol–water partition coefficient (Wildman–Crippen LogP) is 4.81. The topological polar surface area (TPSA) is 90.1 Å². The smallest absolute Gasteiger partial charge is 0.275 e. The Morgan fingerprint density at radius 3 is 2.66 bits per heavy atom. The van der Waals surface area contributed by atoms with Gasteiger partial charge in [0.1, 0.15) is 17.0 Å². The number of nitrogens with zero attached hydrogens (tertiary/aromatic N) is 3. The number of carbonyl (C=O) groups is 1. The molecule has 0 atom stereocenters. The number of oxazole rings is 1. The Balaban J connectivity index is 1.57. The summed E-state index contributed by atoms with van der Waals surface area (Å²) in [5, 5.41) is 2.82. The second-order valence-corrected chi connectivity index (χ2v) is 7.97. The molecule has 0 aliphatic heterocycles. The molecule has 29 heavy (non-hydrogen) atoms. The Bertz CT molecular complexity index is 992. The average Bonchev–Trinajstić information content (AvgIpc) is 3.16. The van der Waals surface area contributed by atoms with Gasteiger partial charge in [-0.2, -0.15) is 0 Å². The molecule has 0 saturated heterocycles. The van der Waals surface area contributed by atoms with Gasteiger partial charge in [-0.05, 0) is 37.5 Å². The number of nitrogens with one attached hydrogen (secondary N) is 1. The number of fused-ring (bicyclic) bond motifs is 1. The van der Waals surface area contributed by atoms with E-state index in [1.807, 2.05) is 0 Å². The van der Waals surface area contributed by atoms with Crippen LogP contribution in [-0.2, 0) is 0 Å². The fourth-order valence-corrected chi connectivity index (χ4v) is 4.05. The van der Waals surface area contributed by atoms with Crippen LogP contribution in [0, 0.1) is 11.8 Å². The monoisotopic (exact) mass is 394 g/mol. The highest BCUT2D eigenvalue weighted by molar-refractivity contribution is 6.04. The number of carbonyl (C=O) groups excluding carboxylic acids is 1. The number of methoxy groups -OCH3 is 1. The van der Waals surface area contributed by atoms with Crippen molar-refractivity contribution in [3.8, 4) is 5.75 Å². The highest BCUT2D eigenvalue weighted by Crippen LogP contribution is 2.40. The van der Waals surface area contributed by atoms with Gasteiger partial charge in [-0.1, -0.05) is 13.8 Å². The van der Waals surface area contributed by atoms with Gasteiger partial charge in [0.2, 0.25) is 0 Å². The molecular formula is C22H26N4O3. The van der Waals surface area contributed by atoms with Crippen LogP contribution in [0.5, 0.6) is 5.75 Å². The molecule has 0 radical (unpaired) electrons. The summed E-state index contributed by atoms with van der Waals surface area (Å²) >= 11 is 0. The van der Waals surface area contributed by atoms with Crippen LogP contribution >= 0.6 is 0 Å². The number of ether oxygens (including phenoxy) is 1. The first-order chi connectivity index (χ1) is 14.0. The summed E-state index contributed by atoms with van der Waals surface area (Å²) in [5.74, 6) is 2.81. The number of aromatic nitrogens is 3. The lowest BCUT2D eigenvalue weighted by atomic mass is 9.77. The van der Waals surface area contributed by atoms with Crippen LogP contribution in [0.4, 0.5) is 5.69 Å². The van der Waals surface area contributed by atoms with Crippen LogP contribution in [0.2, 0.25) is 0 Å². The largest absolute Gasteiger partial charge is 0.494 e. The molecule has 0 unspecified atom stereocenters. The SMILES string of the molecule is COc1cc2nc(C3CCC(C(C)C)CC3)oc2cc1NC(=O)c1cnccn1. The number of anilines is 1. The molecule has 1 saturated carbocycles. The molecular weight excluding hydrogens is 368 g/mol. The van der Waals surface area contributed by atoms with Crippen LogP contribution in [0.15, 0.2) is 35.1 Å². The van der Waals surface area contributed by atoms with Crippen molar-refractivity contribution in [1.29, 1.82) is 0 Å². The van der Waals surface area contributed by atoms with Gasteiger partial charge in [0.15, 0.2) is 11.5 Å². The molecule has 152 valence electrons. The molecule has 7 nitrogen and oxygen atoms in total. The van der Waals surface area contributed by atoms with E-state index in [-0.39, 0.29) is 11.6 Å². The van der Waals surface area contributed by atoms with E-state index in [4.69, 9.17) is 14.1 Å². The summed E-state index contributed by atoms with van der Waals surface area (Å²) in [6.07, 6.45) is 9.04. The van der Waals surface area contributed by atoms with Crippen molar-refractivity contribution in [2.75, 3.05) is 12.4 Å². The normalized spacial score (nSPS) is 19.4. The Morgan fingerprint density at radius 1 is 1.21 bits per heavy atom. The Labute approximate surface area is 169 Å². The van der Waals surface area contributed by atoms with Gasteiger partial charge in [0, 0.05) is 30.4 Å². The molecule has 2 aromatic heterocycles. The lowest BCUT2D eigenvalue weighted by Crippen LogP contribution is -2.17. The van der Waals surface area contributed by atoms with Crippen LogP contribution in [0.1, 0.15) is 61.8 Å². The third kappa shape index (κ3) is 4.09. The van der Waals surface area contributed by atoms with E-state index in [1.54, 1.807) is 19.2 Å². The standard InChI is InChI=1S/C22H26N4O3/c1-13(2)14-4-6-15(7-5-14)22-26-17-10-19(28-3)16(11-20(17)29-22)25-21(27)18-12-23-8-9-24-18/h8-15H,4-7H2,1-3H3,(H,25,27). The van der Waals surface area contributed by atoms with Crippen LogP contribution in [-0.4, -0.2) is 28.0 Å². The second kappa shape index (κ2) is 8.19. The first-order valence-electron chi connectivity index (χ1n) is 10.1. The van der Waals surface area contributed by atoms with E-state index < -0.39 is 0 Å². The Hall–Kier alpha value is -2.96. The summed E-state index contributed by atoms with van der Waals surface area (Å²) in [5.41, 5.74) is 2.12. The van der Waals surface area contributed by atoms with Gasteiger partial charge in [0.05, 0.1) is 19.0 Å². The molecule has 2 heterocycles. The van der Waals surface area contributed by atoms with E-state index >= 15 is 0 Å². The second-order valence-electron chi connectivity index (χ2n) is 7.97. The molecule has 3 aromatic rings. The van der Waals surface area contributed by atoms with Crippen molar-refractivity contribution in [3.05, 3.63) is 42.3 Å². The minimum atomic E-state index is -0.359. The molecule has 1 fully saturated rings. The van der Waals surface area contributed by atoms with E-state index in [1.165, 1.54) is 31.4 Å². The van der Waals surface area contributed by atoms with Crippen LogP contribution in [0.3, 0.4) is 0 Å². The first kappa shape index (κ1) is 19.4. The molecule has 1 aromatic carbocycles. The van der Waals surface area contributed by atoms with Crippen molar-refractivity contribution in [1.82, 2.24) is 15.0 Å². The molecule has 1 N–H and O–H groups in total. The number of benzene rings is 1. The third-order valence-electron chi connectivity index (χ3n) is 5.83. The summed E-state index contributed by atoms with van der Waals surface area (Å²) < 4.78 is 11.5. The maximum atomic E-state index is 12.4. The summed E-state index contributed by atoms with van der Waals surface area (Å²) in [7, 11) is 1.56. The van der Waals surface area contributed by atoms with E-state index in [2.05, 4.69) is 29.1 Å². The lowest BCUT2D eigenvalue weighted by molar-refractivity contribution is 0.102. The highest BCUT2D eigenvalue weighted by atomic mass is 16.5. The predicted molar refractivity (Wildman–Crippen MR) is 110 cm³/mol. The Morgan fingerprint density at radius 2 is 2.00 bits per heavy atom. The molecule has 7 heteroatoms. The minimum Gasteiger partial charge on any atom is -0.494 e. The van der Waals surface area contributed by atoms with Gasteiger partial charge >= 0.3 is 0 Å². The molecule has 0 bridgehead atoms. The fraction of sp³-hybridized carbons (Fsp3) is 0.455. The molecule has 1 amide bonds. The summed E-state index contributed by atoms with van der Waals surface area (Å²) in [6.45, 7) is 4.60. The van der Waals surface area contributed by atoms with Crippen molar-refractivity contribution in [2.45, 2.75) is 45.4 Å². The Kier molecular flexibility index (Phi) is 5.47. The number of rotatable bonds is 5. The van der Waals surface area contributed by atoms with Crippen molar-refractivity contribution in [3.63, 3.8) is 0 Å². The van der Waals surface area contributed by atoms with Gasteiger partial charge < -0.3 is 14.5 Å². The molecule has 0 spiro atoms. The number of hydrogen-bond acceptors (Lipinski definition) is 6. The molecule has 1 aliphatic carbocycles. The summed E-state index contributed by atoms with van der Waals surface area (Å²) in [6, 6.07) is 3.56. The van der Waals surface area contributed by atoms with E-state index in [0.717, 1.165) is 36.1 Å².